The lowest BCUT2D eigenvalue weighted by molar-refractivity contribution is 0.126. The third-order valence-corrected chi connectivity index (χ3v) is 6.33. The molecule has 1 aromatic carbocycles. The lowest BCUT2D eigenvalue weighted by atomic mass is 9.93. The third-order valence-electron chi connectivity index (χ3n) is 6.33. The first-order valence-electron chi connectivity index (χ1n) is 11.0. The van der Waals surface area contributed by atoms with E-state index in [1.807, 2.05) is 4.57 Å². The van der Waals surface area contributed by atoms with Crippen LogP contribution in [0.25, 0.3) is 11.2 Å². The topological polar surface area (TPSA) is 87.9 Å². The van der Waals surface area contributed by atoms with Gasteiger partial charge in [-0.15, -0.1) is 0 Å². The van der Waals surface area contributed by atoms with Crippen LogP contribution in [0, 0.1) is 11.6 Å². The molecule has 9 heteroatoms. The quantitative estimate of drug-likeness (QED) is 0.547. The van der Waals surface area contributed by atoms with Crippen LogP contribution in [0.5, 0.6) is 0 Å². The Labute approximate surface area is 178 Å². The molecule has 2 heterocycles. The summed E-state index contributed by atoms with van der Waals surface area (Å²) in [7, 11) is 0. The average Bonchev–Trinajstić information content (AvgIpc) is 3.39. The van der Waals surface area contributed by atoms with Crippen LogP contribution in [0.1, 0.15) is 57.4 Å². The fraction of sp³-hybridized carbons (Fsp3) is 0.500. The summed E-state index contributed by atoms with van der Waals surface area (Å²) < 4.78 is 29.6. The smallest absolute Gasteiger partial charge is 0.224 e. The molecule has 0 aliphatic heterocycles. The van der Waals surface area contributed by atoms with Gasteiger partial charge in [0, 0.05) is 18.2 Å². The molecule has 0 unspecified atom stereocenters. The summed E-state index contributed by atoms with van der Waals surface area (Å²) in [6, 6.07) is 3.89. The highest BCUT2D eigenvalue weighted by atomic mass is 19.1. The molecule has 0 bridgehead atoms. The molecule has 0 radical (unpaired) electrons. The van der Waals surface area contributed by atoms with Gasteiger partial charge in [0.05, 0.1) is 18.0 Å². The first kappa shape index (κ1) is 20.1. The van der Waals surface area contributed by atoms with Crippen molar-refractivity contribution in [1.29, 1.82) is 0 Å². The lowest BCUT2D eigenvalue weighted by Gasteiger charge is -2.26. The SMILES string of the molecule is O[C@H]1CC[C@H](Nc2ncc3nc(Nc4ccc(F)cc4F)n(C4CCCC4)c3n2)CC1. The van der Waals surface area contributed by atoms with Crippen molar-refractivity contribution in [3.05, 3.63) is 36.0 Å². The van der Waals surface area contributed by atoms with Crippen LogP contribution in [0.4, 0.5) is 26.4 Å². The molecule has 7 nitrogen and oxygen atoms in total. The van der Waals surface area contributed by atoms with E-state index in [1.54, 1.807) is 6.20 Å². The highest BCUT2D eigenvalue weighted by Gasteiger charge is 2.25. The number of aromatic nitrogens is 4. The summed E-state index contributed by atoms with van der Waals surface area (Å²) in [6.07, 6.45) is 9.01. The van der Waals surface area contributed by atoms with Crippen LogP contribution in [0.15, 0.2) is 24.4 Å². The van der Waals surface area contributed by atoms with Gasteiger partial charge in [0.1, 0.15) is 17.2 Å². The van der Waals surface area contributed by atoms with Gasteiger partial charge in [-0.1, -0.05) is 12.8 Å². The van der Waals surface area contributed by atoms with Crippen molar-refractivity contribution in [2.45, 2.75) is 69.6 Å². The second-order valence-corrected chi connectivity index (χ2v) is 8.55. The summed E-state index contributed by atoms with van der Waals surface area (Å²) in [4.78, 5) is 13.8. The van der Waals surface area contributed by atoms with Crippen molar-refractivity contribution in [3.8, 4) is 0 Å². The van der Waals surface area contributed by atoms with Crippen LogP contribution >= 0.6 is 0 Å². The first-order chi connectivity index (χ1) is 15.1. The molecule has 2 saturated carbocycles. The van der Waals surface area contributed by atoms with Gasteiger partial charge in [-0.3, -0.25) is 4.57 Å². The second kappa shape index (κ2) is 8.37. The van der Waals surface area contributed by atoms with Crippen molar-refractivity contribution < 1.29 is 13.9 Å². The fourth-order valence-corrected chi connectivity index (χ4v) is 4.67. The van der Waals surface area contributed by atoms with E-state index in [2.05, 4.69) is 20.6 Å². The van der Waals surface area contributed by atoms with E-state index in [4.69, 9.17) is 4.98 Å². The zero-order valence-electron chi connectivity index (χ0n) is 17.2. The summed E-state index contributed by atoms with van der Waals surface area (Å²) in [5.74, 6) is -0.269. The Balaban J connectivity index is 1.49. The zero-order chi connectivity index (χ0) is 21.4. The molecule has 0 saturated heterocycles. The van der Waals surface area contributed by atoms with Crippen molar-refractivity contribution in [1.82, 2.24) is 19.5 Å². The van der Waals surface area contributed by atoms with E-state index in [1.165, 1.54) is 12.1 Å². The van der Waals surface area contributed by atoms with E-state index in [0.717, 1.165) is 57.4 Å². The van der Waals surface area contributed by atoms with Crippen LogP contribution in [0.3, 0.4) is 0 Å². The van der Waals surface area contributed by atoms with E-state index in [0.29, 0.717) is 23.1 Å². The highest BCUT2D eigenvalue weighted by molar-refractivity contribution is 5.76. The van der Waals surface area contributed by atoms with Crippen LogP contribution in [-0.2, 0) is 0 Å². The molecule has 2 aromatic heterocycles. The molecule has 2 fully saturated rings. The van der Waals surface area contributed by atoms with Gasteiger partial charge in [0.25, 0.3) is 0 Å². The summed E-state index contributed by atoms with van der Waals surface area (Å²) in [5, 5.41) is 16.1. The molecular formula is C22H26F2N6O. The van der Waals surface area contributed by atoms with Gasteiger partial charge in [0.2, 0.25) is 11.9 Å². The number of aliphatic hydroxyl groups is 1. The van der Waals surface area contributed by atoms with E-state index >= 15 is 0 Å². The number of hydrogen-bond acceptors (Lipinski definition) is 6. The van der Waals surface area contributed by atoms with Gasteiger partial charge in [-0.25, -0.2) is 18.7 Å². The monoisotopic (exact) mass is 428 g/mol. The van der Waals surface area contributed by atoms with E-state index < -0.39 is 11.6 Å². The second-order valence-electron chi connectivity index (χ2n) is 8.55. The molecule has 164 valence electrons. The first-order valence-corrected chi connectivity index (χ1v) is 11.0. The maximum absolute atomic E-state index is 14.3. The van der Waals surface area contributed by atoms with Crippen LogP contribution in [0.2, 0.25) is 0 Å². The Bertz CT molecular complexity index is 1070. The van der Waals surface area contributed by atoms with Gasteiger partial charge in [-0.2, -0.15) is 4.98 Å². The van der Waals surface area contributed by atoms with Gasteiger partial charge in [0.15, 0.2) is 5.65 Å². The molecule has 3 N–H and O–H groups in total. The third kappa shape index (κ3) is 4.19. The Hall–Kier alpha value is -2.81. The number of imidazole rings is 1. The van der Waals surface area contributed by atoms with E-state index in [-0.39, 0.29) is 23.9 Å². The number of rotatable bonds is 5. The summed E-state index contributed by atoms with van der Waals surface area (Å²) in [6.45, 7) is 0. The van der Waals surface area contributed by atoms with Crippen LogP contribution in [-0.4, -0.2) is 36.8 Å². The highest BCUT2D eigenvalue weighted by Crippen LogP contribution is 2.36. The van der Waals surface area contributed by atoms with Gasteiger partial charge >= 0.3 is 0 Å². The van der Waals surface area contributed by atoms with E-state index in [9.17, 15) is 13.9 Å². The predicted octanol–water partition coefficient (Wildman–Crippen LogP) is 4.68. The van der Waals surface area contributed by atoms with Crippen molar-refractivity contribution in [3.63, 3.8) is 0 Å². The molecule has 0 spiro atoms. The molecule has 0 amide bonds. The maximum atomic E-state index is 14.3. The molecule has 5 rings (SSSR count). The average molecular weight is 428 g/mol. The number of nitrogens with one attached hydrogen (secondary N) is 2. The van der Waals surface area contributed by atoms with Gasteiger partial charge in [-0.05, 0) is 50.7 Å². The predicted molar refractivity (Wildman–Crippen MR) is 114 cm³/mol. The Morgan fingerprint density at radius 1 is 1.00 bits per heavy atom. The number of benzene rings is 1. The summed E-state index contributed by atoms with van der Waals surface area (Å²) in [5.41, 5.74) is 1.50. The fourth-order valence-electron chi connectivity index (χ4n) is 4.67. The summed E-state index contributed by atoms with van der Waals surface area (Å²) >= 11 is 0. The Kier molecular flexibility index (Phi) is 5.43. The van der Waals surface area contributed by atoms with Crippen molar-refractivity contribution in [2.24, 2.45) is 0 Å². The van der Waals surface area contributed by atoms with Crippen LogP contribution < -0.4 is 10.6 Å². The number of anilines is 3. The Morgan fingerprint density at radius 3 is 2.52 bits per heavy atom. The molecular weight excluding hydrogens is 402 g/mol. The van der Waals surface area contributed by atoms with Crippen molar-refractivity contribution in [2.75, 3.05) is 10.6 Å². The lowest BCUT2D eigenvalue weighted by Crippen LogP contribution is -2.29. The normalized spacial score (nSPS) is 22.2. The Morgan fingerprint density at radius 2 is 1.77 bits per heavy atom. The van der Waals surface area contributed by atoms with Crippen molar-refractivity contribution >= 4 is 28.7 Å². The molecule has 2 aliphatic rings. The number of fused-ring (bicyclic) bond motifs is 1. The van der Waals surface area contributed by atoms with Gasteiger partial charge < -0.3 is 15.7 Å². The minimum Gasteiger partial charge on any atom is -0.393 e. The molecule has 3 aromatic rings. The minimum atomic E-state index is -0.669. The zero-order valence-corrected chi connectivity index (χ0v) is 17.2. The minimum absolute atomic E-state index is 0.169. The number of halogens is 2. The molecule has 31 heavy (non-hydrogen) atoms. The maximum Gasteiger partial charge on any atom is 0.224 e. The largest absolute Gasteiger partial charge is 0.393 e. The number of aliphatic hydroxyl groups excluding tert-OH is 1. The standard InChI is InChI=1S/C22H26F2N6O/c23-13-5-10-18(17(24)11-13)27-22-28-19-12-25-21(26-14-6-8-16(31)9-7-14)29-20(19)30(22)15-3-1-2-4-15/h5,10-12,14-16,31H,1-4,6-9H2,(H,27,28)(H,25,26,29)/t14-,16-. The number of hydrogen-bond donors (Lipinski definition) is 3. The number of nitrogens with zero attached hydrogens (tertiary/aromatic N) is 4. The molecule has 0 atom stereocenters. The molecule has 2 aliphatic carbocycles.